The van der Waals surface area contributed by atoms with E-state index in [9.17, 15) is 12.6 Å². The minimum Gasteiger partial charge on any atom is -0.261 e. The van der Waals surface area contributed by atoms with Gasteiger partial charge >= 0.3 is 0 Å². The van der Waals surface area contributed by atoms with Crippen LogP contribution in [0.25, 0.3) is 0 Å². The molecule has 10 nitrogen and oxygen atoms in total. The van der Waals surface area contributed by atoms with Crippen LogP contribution in [0.3, 0.4) is 0 Å². The molecule has 1 aliphatic rings. The van der Waals surface area contributed by atoms with Crippen LogP contribution < -0.4 is 0 Å². The Kier molecular flexibility index (Phi) is 14.8. The van der Waals surface area contributed by atoms with Crippen LogP contribution in [-0.4, -0.2) is 65.2 Å². The van der Waals surface area contributed by atoms with Gasteiger partial charge in [-0.2, -0.15) is 5.26 Å². The standard InChI is InChI=1S/C11H15ClN2OS.C10H13N3OS.C9H13ClN2OS/c1-13-16(15)6-2-3-10(16)7-9-4-5-11(12)14-8-9;1-8-4-5-10(6-12-8)9(2)15(3,14)13-7-11;1-7(14(3,13)11-2)8-4-5-9(10)12-6-8/h4-5,8,10H,2-3,6-7H2,1H3;4-6,9H,1-3H3;4-7H,1-3H3. The molecule has 0 N–H and O–H groups in total. The van der Waals surface area contributed by atoms with E-state index < -0.39 is 29.2 Å². The highest BCUT2D eigenvalue weighted by atomic mass is 35.5. The van der Waals surface area contributed by atoms with Crippen molar-refractivity contribution < 1.29 is 12.6 Å². The summed E-state index contributed by atoms with van der Waals surface area (Å²) in [4.78, 5) is 12.1. The van der Waals surface area contributed by atoms with Gasteiger partial charge in [0.25, 0.3) is 0 Å². The van der Waals surface area contributed by atoms with E-state index >= 15 is 0 Å². The maximum Gasteiger partial charge on any atom is 0.214 e. The minimum absolute atomic E-state index is 0.128. The molecule has 6 unspecified atom stereocenters. The van der Waals surface area contributed by atoms with Gasteiger partial charge in [0, 0.05) is 71.6 Å². The molecule has 4 rings (SSSR count). The normalized spacial score (nSPS) is 21.1. The molecule has 0 radical (unpaired) electrons. The van der Waals surface area contributed by atoms with Crippen LogP contribution in [0.5, 0.6) is 0 Å². The summed E-state index contributed by atoms with van der Waals surface area (Å²) in [5.41, 5.74) is 3.73. The molecule has 0 spiro atoms. The molecule has 1 fully saturated rings. The highest BCUT2D eigenvalue weighted by molar-refractivity contribution is 7.94. The molecule has 15 heteroatoms. The molecule has 0 bridgehead atoms. The average molecular weight is 715 g/mol. The topological polar surface area (TPSA) is 151 Å². The zero-order valence-electron chi connectivity index (χ0n) is 26.6. The molecule has 246 valence electrons. The summed E-state index contributed by atoms with van der Waals surface area (Å²) in [5, 5.41) is 9.14. The highest BCUT2D eigenvalue weighted by Crippen LogP contribution is 2.26. The van der Waals surface area contributed by atoms with Crippen LogP contribution in [-0.2, 0) is 35.6 Å². The summed E-state index contributed by atoms with van der Waals surface area (Å²) in [6.07, 6.45) is 12.6. The zero-order valence-corrected chi connectivity index (χ0v) is 30.6. The van der Waals surface area contributed by atoms with Crippen LogP contribution in [0.4, 0.5) is 0 Å². The molecular formula is C30H41Cl2N7O3S3. The number of hydrogen-bond donors (Lipinski definition) is 0. The molecule has 1 aliphatic heterocycles. The Morgan fingerprint density at radius 1 is 0.933 bits per heavy atom. The third kappa shape index (κ3) is 11.6. The number of halogens is 2. The number of hydrogen-bond acceptors (Lipinski definition) is 10. The largest absolute Gasteiger partial charge is 0.261 e. The van der Waals surface area contributed by atoms with E-state index in [-0.39, 0.29) is 15.7 Å². The van der Waals surface area contributed by atoms with Gasteiger partial charge in [-0.25, -0.2) is 31.3 Å². The van der Waals surface area contributed by atoms with Crippen molar-refractivity contribution >= 4 is 52.4 Å². The van der Waals surface area contributed by atoms with E-state index in [1.165, 1.54) is 6.26 Å². The molecule has 3 aromatic rings. The van der Waals surface area contributed by atoms with Crippen molar-refractivity contribution in [1.29, 1.82) is 5.26 Å². The lowest BCUT2D eigenvalue weighted by molar-refractivity contribution is 0.666. The Morgan fingerprint density at radius 3 is 1.96 bits per heavy atom. The quantitative estimate of drug-likeness (QED) is 0.195. The summed E-state index contributed by atoms with van der Waals surface area (Å²) in [5.74, 6) is 0.745. The summed E-state index contributed by atoms with van der Waals surface area (Å²) >= 11 is 11.4. The first-order valence-corrected chi connectivity index (χ1v) is 20.5. The van der Waals surface area contributed by atoms with Gasteiger partial charge in [-0.3, -0.25) is 4.98 Å². The van der Waals surface area contributed by atoms with E-state index in [2.05, 4.69) is 28.0 Å². The van der Waals surface area contributed by atoms with Gasteiger partial charge < -0.3 is 0 Å². The van der Waals surface area contributed by atoms with E-state index in [0.717, 1.165) is 47.4 Å². The van der Waals surface area contributed by atoms with Crippen molar-refractivity contribution in [1.82, 2.24) is 15.0 Å². The number of pyridine rings is 3. The van der Waals surface area contributed by atoms with Gasteiger partial charge in [0.2, 0.25) is 6.19 Å². The predicted octanol–water partition coefficient (Wildman–Crippen LogP) is 7.09. The summed E-state index contributed by atoms with van der Waals surface area (Å²) in [6, 6.07) is 11.0. The SMILES string of the molecule is CN=S(C)(=O)C(C)c1ccc(Cl)nc1.CN=S1(=O)CCCC1Cc1ccc(Cl)nc1.Cc1ccc(C(C)S(C)(=O)=NC#N)cn1. The first kappa shape index (κ1) is 38.6. The number of nitriles is 1. The van der Waals surface area contributed by atoms with Crippen molar-refractivity contribution in [3.63, 3.8) is 0 Å². The third-order valence-electron chi connectivity index (χ3n) is 7.56. The Bertz CT molecular complexity index is 1820. The van der Waals surface area contributed by atoms with Crippen molar-refractivity contribution in [3.8, 4) is 6.19 Å². The second-order valence-electron chi connectivity index (χ2n) is 10.6. The fourth-order valence-electron chi connectivity index (χ4n) is 4.30. The first-order chi connectivity index (χ1) is 21.1. The van der Waals surface area contributed by atoms with Crippen LogP contribution in [0.2, 0.25) is 10.3 Å². The second kappa shape index (κ2) is 17.3. The summed E-state index contributed by atoms with van der Waals surface area (Å²) in [7, 11) is -3.41. The maximum atomic E-state index is 12.3. The van der Waals surface area contributed by atoms with Gasteiger partial charge in [-0.05, 0) is 74.9 Å². The van der Waals surface area contributed by atoms with E-state index in [1.807, 2.05) is 38.1 Å². The van der Waals surface area contributed by atoms with Crippen LogP contribution in [0, 0.1) is 18.4 Å². The second-order valence-corrected chi connectivity index (χ2v) is 19.6. The van der Waals surface area contributed by atoms with Crippen LogP contribution in [0.1, 0.15) is 59.6 Å². The first-order valence-electron chi connectivity index (χ1n) is 14.0. The molecule has 1 saturated heterocycles. The monoisotopic (exact) mass is 713 g/mol. The zero-order chi connectivity index (χ0) is 33.8. The van der Waals surface area contributed by atoms with Gasteiger partial charge in [0.1, 0.15) is 10.3 Å². The van der Waals surface area contributed by atoms with Crippen molar-refractivity contribution in [2.24, 2.45) is 13.1 Å². The molecule has 45 heavy (non-hydrogen) atoms. The fourth-order valence-corrected chi connectivity index (χ4v) is 8.83. The molecular weight excluding hydrogens is 673 g/mol. The molecule has 6 atom stereocenters. The van der Waals surface area contributed by atoms with Gasteiger partial charge in [0.15, 0.2) is 0 Å². The van der Waals surface area contributed by atoms with Crippen molar-refractivity contribution in [2.45, 2.75) is 55.8 Å². The Balaban J connectivity index is 0.000000236. The molecule has 0 saturated carbocycles. The van der Waals surface area contributed by atoms with Crippen LogP contribution >= 0.6 is 23.2 Å². The Morgan fingerprint density at radius 2 is 1.49 bits per heavy atom. The predicted molar refractivity (Wildman–Crippen MR) is 187 cm³/mol. The Labute approximate surface area is 279 Å². The molecule has 4 heterocycles. The summed E-state index contributed by atoms with van der Waals surface area (Å²) in [6.45, 7) is 5.55. The number of nitrogens with zero attached hydrogens (tertiary/aromatic N) is 7. The number of aryl methyl sites for hydroxylation is 1. The maximum absolute atomic E-state index is 12.3. The summed E-state index contributed by atoms with van der Waals surface area (Å²) < 4.78 is 47.7. The minimum atomic E-state index is -2.50. The lowest BCUT2D eigenvalue weighted by Crippen LogP contribution is -2.18. The lowest BCUT2D eigenvalue weighted by Gasteiger charge is -2.12. The lowest BCUT2D eigenvalue weighted by atomic mass is 10.1. The smallest absolute Gasteiger partial charge is 0.214 e. The van der Waals surface area contributed by atoms with Gasteiger partial charge in [0.05, 0.1) is 30.0 Å². The molecule has 0 amide bonds. The molecule has 3 aromatic heterocycles. The molecule has 0 aliphatic carbocycles. The van der Waals surface area contributed by atoms with Gasteiger partial charge in [-0.15, -0.1) is 4.36 Å². The van der Waals surface area contributed by atoms with E-state index in [0.29, 0.717) is 10.3 Å². The van der Waals surface area contributed by atoms with E-state index in [4.69, 9.17) is 28.5 Å². The number of rotatable bonds is 6. The van der Waals surface area contributed by atoms with Crippen LogP contribution in [0.15, 0.2) is 68.1 Å². The van der Waals surface area contributed by atoms with Crippen molar-refractivity contribution in [2.75, 3.05) is 32.4 Å². The highest BCUT2D eigenvalue weighted by Gasteiger charge is 2.29. The number of aromatic nitrogens is 3. The van der Waals surface area contributed by atoms with E-state index in [1.54, 1.807) is 64.2 Å². The average Bonchev–Trinajstić information content (AvgIpc) is 3.39. The Hall–Kier alpha value is -2.63. The van der Waals surface area contributed by atoms with Crippen molar-refractivity contribution in [3.05, 3.63) is 87.7 Å². The fraction of sp³-hybridized carbons (Fsp3) is 0.467. The van der Waals surface area contributed by atoms with Gasteiger partial charge in [-0.1, -0.05) is 41.4 Å². The molecule has 0 aromatic carbocycles. The third-order valence-corrected chi connectivity index (χ3v) is 15.3.